The van der Waals surface area contributed by atoms with Gasteiger partial charge in [-0.05, 0) is 60.9 Å². The second-order valence-corrected chi connectivity index (χ2v) is 10.5. The van der Waals surface area contributed by atoms with Crippen LogP contribution in [0.4, 0.5) is 10.1 Å². The van der Waals surface area contributed by atoms with Gasteiger partial charge in [0.2, 0.25) is 15.9 Å². The number of benzene rings is 2. The van der Waals surface area contributed by atoms with Gasteiger partial charge >= 0.3 is 0 Å². The molecule has 0 aliphatic heterocycles. The molecule has 0 fully saturated rings. The molecule has 0 unspecified atom stereocenters. The molecule has 0 bridgehead atoms. The summed E-state index contributed by atoms with van der Waals surface area (Å²) in [7, 11) is -1.74. The predicted octanol–water partition coefficient (Wildman–Crippen LogP) is 4.55. The van der Waals surface area contributed by atoms with E-state index in [0.29, 0.717) is 23.1 Å². The van der Waals surface area contributed by atoms with E-state index >= 15 is 0 Å². The van der Waals surface area contributed by atoms with E-state index in [-0.39, 0.29) is 17.5 Å². The van der Waals surface area contributed by atoms with Crippen molar-refractivity contribution in [3.63, 3.8) is 0 Å². The number of nitrogens with one attached hydrogen (secondary N) is 1. The molecule has 3 heterocycles. The summed E-state index contributed by atoms with van der Waals surface area (Å²) in [6.45, 7) is 3.80. The van der Waals surface area contributed by atoms with E-state index < -0.39 is 10.0 Å². The standard InChI is InChI=1S/C25H24FN5O3S/c1-4-35(33,34)29-22-10-17(21-14-30(3)24-19(21)7-8-27-25(24)32)11-23-20(22)12-28-31(23)13-16-5-6-18(26)9-15(16)2/h5-12,14,29H,4,13H2,1-3H3,(H,27,32). The van der Waals surface area contributed by atoms with Gasteiger partial charge in [-0.2, -0.15) is 5.10 Å². The van der Waals surface area contributed by atoms with Gasteiger partial charge in [0.1, 0.15) is 11.3 Å². The van der Waals surface area contributed by atoms with Crippen LogP contribution in [0.5, 0.6) is 5.88 Å². The van der Waals surface area contributed by atoms with Crippen molar-refractivity contribution in [1.29, 1.82) is 0 Å². The van der Waals surface area contributed by atoms with E-state index in [1.807, 2.05) is 32.3 Å². The number of sulfonamides is 1. The lowest BCUT2D eigenvalue weighted by Gasteiger charge is -2.12. The Labute approximate surface area is 201 Å². The number of fused-ring (bicyclic) bond motifs is 2. The van der Waals surface area contributed by atoms with E-state index in [4.69, 9.17) is 0 Å². The van der Waals surface area contributed by atoms with Crippen LogP contribution in [-0.4, -0.2) is 38.6 Å². The Morgan fingerprint density at radius 3 is 2.69 bits per heavy atom. The summed E-state index contributed by atoms with van der Waals surface area (Å²) in [6.07, 6.45) is 5.03. The van der Waals surface area contributed by atoms with Gasteiger partial charge in [0.25, 0.3) is 0 Å². The first-order valence-electron chi connectivity index (χ1n) is 11.1. The molecule has 3 aromatic heterocycles. The fourth-order valence-corrected chi connectivity index (χ4v) is 4.99. The molecule has 5 aromatic rings. The van der Waals surface area contributed by atoms with Crippen LogP contribution in [0.2, 0.25) is 0 Å². The monoisotopic (exact) mass is 493 g/mol. The lowest BCUT2D eigenvalue weighted by atomic mass is 10.0. The van der Waals surface area contributed by atoms with E-state index in [1.165, 1.54) is 18.3 Å². The highest BCUT2D eigenvalue weighted by Gasteiger charge is 2.19. The molecule has 0 radical (unpaired) electrons. The van der Waals surface area contributed by atoms with Crippen LogP contribution in [0.1, 0.15) is 18.1 Å². The first-order valence-corrected chi connectivity index (χ1v) is 12.7. The van der Waals surface area contributed by atoms with Gasteiger partial charge in [-0.1, -0.05) is 6.07 Å². The molecule has 0 saturated carbocycles. The zero-order valence-electron chi connectivity index (χ0n) is 19.4. The topological polar surface area (TPSA) is 102 Å². The van der Waals surface area contributed by atoms with Crippen molar-refractivity contribution in [3.05, 3.63) is 71.9 Å². The van der Waals surface area contributed by atoms with Gasteiger partial charge in [0.05, 0.1) is 29.7 Å². The second-order valence-electron chi connectivity index (χ2n) is 8.52. The normalized spacial score (nSPS) is 12.0. The van der Waals surface area contributed by atoms with Gasteiger partial charge in [-0.15, -0.1) is 0 Å². The third kappa shape index (κ3) is 4.10. The summed E-state index contributed by atoms with van der Waals surface area (Å²) in [5.41, 5.74) is 4.97. The molecule has 2 aromatic carbocycles. The van der Waals surface area contributed by atoms with Crippen molar-refractivity contribution in [3.8, 4) is 17.0 Å². The minimum atomic E-state index is -3.55. The quantitative estimate of drug-likeness (QED) is 0.361. The third-order valence-corrected chi connectivity index (χ3v) is 7.51. The Kier molecular flexibility index (Phi) is 5.47. The maximum atomic E-state index is 13.6. The minimum absolute atomic E-state index is 0.0740. The lowest BCUT2D eigenvalue weighted by Crippen LogP contribution is -2.14. The molecule has 0 atom stereocenters. The Bertz CT molecular complexity index is 1710. The molecule has 180 valence electrons. The summed E-state index contributed by atoms with van der Waals surface area (Å²) in [6, 6.07) is 10.1. The number of aromatic nitrogens is 4. The molecular weight excluding hydrogens is 469 g/mol. The van der Waals surface area contributed by atoms with Gasteiger partial charge in [0, 0.05) is 35.8 Å². The molecule has 0 amide bonds. The average molecular weight is 494 g/mol. The van der Waals surface area contributed by atoms with Crippen molar-refractivity contribution in [2.45, 2.75) is 20.4 Å². The van der Waals surface area contributed by atoms with E-state index in [9.17, 15) is 17.9 Å². The van der Waals surface area contributed by atoms with Crippen molar-refractivity contribution in [1.82, 2.24) is 19.3 Å². The van der Waals surface area contributed by atoms with Crippen LogP contribution in [0.15, 0.2) is 55.0 Å². The van der Waals surface area contributed by atoms with E-state index in [2.05, 4.69) is 14.8 Å². The van der Waals surface area contributed by atoms with Crippen molar-refractivity contribution >= 4 is 37.5 Å². The first kappa shape index (κ1) is 22.9. The van der Waals surface area contributed by atoms with Gasteiger partial charge in [-0.3, -0.25) is 9.40 Å². The Morgan fingerprint density at radius 1 is 1.14 bits per heavy atom. The molecule has 35 heavy (non-hydrogen) atoms. The highest BCUT2D eigenvalue weighted by molar-refractivity contribution is 7.92. The maximum absolute atomic E-state index is 13.6. The Morgan fingerprint density at radius 2 is 1.94 bits per heavy atom. The zero-order chi connectivity index (χ0) is 24.9. The number of halogens is 1. The highest BCUT2D eigenvalue weighted by atomic mass is 32.2. The predicted molar refractivity (Wildman–Crippen MR) is 134 cm³/mol. The smallest absolute Gasteiger partial charge is 0.236 e. The summed E-state index contributed by atoms with van der Waals surface area (Å²) >= 11 is 0. The highest BCUT2D eigenvalue weighted by Crippen LogP contribution is 2.37. The molecule has 10 heteroatoms. The van der Waals surface area contributed by atoms with Crippen LogP contribution >= 0.6 is 0 Å². The summed E-state index contributed by atoms with van der Waals surface area (Å²) in [4.78, 5) is 3.97. The van der Waals surface area contributed by atoms with Gasteiger partial charge in [0.15, 0.2) is 0 Å². The maximum Gasteiger partial charge on any atom is 0.236 e. The third-order valence-electron chi connectivity index (χ3n) is 6.21. The number of aryl methyl sites for hydroxylation is 2. The lowest BCUT2D eigenvalue weighted by molar-refractivity contribution is 0.457. The fourth-order valence-electron chi connectivity index (χ4n) is 4.35. The largest absolute Gasteiger partial charge is 0.492 e. The van der Waals surface area contributed by atoms with Crippen LogP contribution in [-0.2, 0) is 23.6 Å². The number of nitrogens with zero attached hydrogens (tertiary/aromatic N) is 4. The van der Waals surface area contributed by atoms with Crippen LogP contribution in [0.25, 0.3) is 32.9 Å². The molecule has 5 rings (SSSR count). The molecule has 0 spiro atoms. The number of anilines is 1. The molecule has 0 aliphatic carbocycles. The summed E-state index contributed by atoms with van der Waals surface area (Å²) in [5, 5.41) is 16.2. The number of aromatic hydroxyl groups is 1. The van der Waals surface area contributed by atoms with E-state index in [1.54, 1.807) is 34.5 Å². The number of hydrogen-bond donors (Lipinski definition) is 2. The SMILES string of the molecule is CCS(=O)(=O)Nc1cc(-c2cn(C)c3c(O)nccc23)cc2c1cnn2Cc1ccc(F)cc1C. The summed E-state index contributed by atoms with van der Waals surface area (Å²) in [5.74, 6) is -0.458. The van der Waals surface area contributed by atoms with Gasteiger partial charge < -0.3 is 9.67 Å². The Balaban J connectivity index is 1.73. The minimum Gasteiger partial charge on any atom is -0.492 e. The molecular formula is C25H24FN5O3S. The fraction of sp³-hybridized carbons (Fsp3) is 0.200. The van der Waals surface area contributed by atoms with Crippen LogP contribution in [0, 0.1) is 12.7 Å². The van der Waals surface area contributed by atoms with Crippen molar-refractivity contribution < 1.29 is 17.9 Å². The van der Waals surface area contributed by atoms with E-state index in [0.717, 1.165) is 33.2 Å². The molecule has 0 aliphatic rings. The van der Waals surface area contributed by atoms with Crippen molar-refractivity contribution in [2.75, 3.05) is 10.5 Å². The van der Waals surface area contributed by atoms with Crippen LogP contribution in [0.3, 0.4) is 0 Å². The molecule has 0 saturated heterocycles. The molecule has 8 nitrogen and oxygen atoms in total. The number of pyridine rings is 1. The Hall–Kier alpha value is -3.92. The zero-order valence-corrected chi connectivity index (χ0v) is 20.3. The number of rotatable bonds is 6. The number of hydrogen-bond acceptors (Lipinski definition) is 5. The second kappa shape index (κ2) is 8.38. The van der Waals surface area contributed by atoms with Gasteiger partial charge in [-0.25, -0.2) is 17.8 Å². The molecule has 2 N–H and O–H groups in total. The average Bonchev–Trinajstić information content (AvgIpc) is 3.37. The van der Waals surface area contributed by atoms with Crippen molar-refractivity contribution in [2.24, 2.45) is 7.05 Å². The summed E-state index contributed by atoms with van der Waals surface area (Å²) < 4.78 is 44.8. The first-order chi connectivity index (χ1) is 16.7. The van der Waals surface area contributed by atoms with Crippen LogP contribution < -0.4 is 4.72 Å².